The van der Waals surface area contributed by atoms with Gasteiger partial charge in [-0.25, -0.2) is 8.42 Å². The molecule has 7 nitrogen and oxygen atoms in total. The van der Waals surface area contributed by atoms with Gasteiger partial charge in [0.1, 0.15) is 6.04 Å². The normalized spacial score (nSPS) is 16.6. The van der Waals surface area contributed by atoms with Crippen molar-refractivity contribution in [3.63, 3.8) is 0 Å². The van der Waals surface area contributed by atoms with Crippen LogP contribution in [0.5, 0.6) is 0 Å². The second-order valence-electron chi connectivity index (χ2n) is 7.23. The van der Waals surface area contributed by atoms with Gasteiger partial charge in [0.15, 0.2) is 12.3 Å². The number of benzene rings is 1. The highest BCUT2D eigenvalue weighted by Crippen LogP contribution is 2.25. The summed E-state index contributed by atoms with van der Waals surface area (Å²) in [6.07, 6.45) is 4.45. The molecule has 0 saturated carbocycles. The van der Waals surface area contributed by atoms with Crippen molar-refractivity contribution in [2.45, 2.75) is 44.0 Å². The molecule has 0 radical (unpaired) electrons. The summed E-state index contributed by atoms with van der Waals surface area (Å²) in [5.74, 6) is 0.618. The molecule has 1 fully saturated rings. The molecule has 1 aromatic carbocycles. The number of hydrogen-bond donors (Lipinski definition) is 2. The van der Waals surface area contributed by atoms with Crippen molar-refractivity contribution >= 4 is 21.6 Å². The third-order valence-corrected chi connectivity index (χ3v) is 6.98. The zero-order valence-corrected chi connectivity index (χ0v) is 17.2. The van der Waals surface area contributed by atoms with E-state index in [1.54, 1.807) is 24.5 Å². The number of aryl methyl sites for hydroxylation is 1. The van der Waals surface area contributed by atoms with Gasteiger partial charge in [0.25, 0.3) is 5.91 Å². The second-order valence-corrected chi connectivity index (χ2v) is 9.17. The standard InChI is InChI=1S/C20H27N3O4S/c1-15-8-9-17(28(25,26)23-10-4-3-5-11-23)13-18(15)22-20(24)14-21-16(2)19-7-6-12-27-19/h6-9,12-13,16,21H,3-5,10-11,14H2,1-2H3,(H,22,24)/p+1/t16-/m1/s1. The third-order valence-electron chi connectivity index (χ3n) is 5.08. The summed E-state index contributed by atoms with van der Waals surface area (Å²) in [6.45, 7) is 5.13. The molecule has 0 spiro atoms. The molecule has 0 unspecified atom stereocenters. The van der Waals surface area contributed by atoms with Crippen LogP contribution in [0.3, 0.4) is 0 Å². The molecule has 1 saturated heterocycles. The van der Waals surface area contributed by atoms with E-state index in [0.29, 0.717) is 18.8 Å². The van der Waals surface area contributed by atoms with Gasteiger partial charge in [0.2, 0.25) is 10.0 Å². The molecule has 1 atom stereocenters. The molecular weight excluding hydrogens is 378 g/mol. The van der Waals surface area contributed by atoms with Gasteiger partial charge in [-0.15, -0.1) is 0 Å². The molecule has 28 heavy (non-hydrogen) atoms. The minimum Gasteiger partial charge on any atom is -0.463 e. The van der Waals surface area contributed by atoms with Gasteiger partial charge in [-0.3, -0.25) is 4.79 Å². The van der Waals surface area contributed by atoms with Crippen molar-refractivity contribution in [1.29, 1.82) is 0 Å². The SMILES string of the molecule is Cc1ccc(S(=O)(=O)N2CCCCC2)cc1NC(=O)C[NH2+][C@H](C)c1ccco1. The zero-order valence-electron chi connectivity index (χ0n) is 16.3. The van der Waals surface area contributed by atoms with Crippen LogP contribution >= 0.6 is 0 Å². The van der Waals surface area contributed by atoms with E-state index in [4.69, 9.17) is 4.42 Å². The van der Waals surface area contributed by atoms with Gasteiger partial charge in [0, 0.05) is 18.8 Å². The Morgan fingerprint density at radius 2 is 2.00 bits per heavy atom. The number of nitrogens with zero attached hydrogens (tertiary/aromatic N) is 1. The predicted molar refractivity (Wildman–Crippen MR) is 106 cm³/mol. The lowest BCUT2D eigenvalue weighted by molar-refractivity contribution is -0.684. The molecule has 1 aliphatic rings. The molecule has 1 aliphatic heterocycles. The first-order chi connectivity index (χ1) is 13.4. The first kappa shape index (κ1) is 20.6. The fourth-order valence-corrected chi connectivity index (χ4v) is 4.85. The number of nitrogens with one attached hydrogen (secondary N) is 1. The molecule has 0 aliphatic carbocycles. The molecule has 0 bridgehead atoms. The maximum absolute atomic E-state index is 12.9. The van der Waals surface area contributed by atoms with Crippen molar-refractivity contribution in [2.24, 2.45) is 0 Å². The van der Waals surface area contributed by atoms with Crippen LogP contribution in [0.25, 0.3) is 0 Å². The number of quaternary nitrogens is 1. The van der Waals surface area contributed by atoms with Gasteiger partial charge < -0.3 is 15.1 Å². The first-order valence-electron chi connectivity index (χ1n) is 9.65. The van der Waals surface area contributed by atoms with Crippen molar-refractivity contribution in [1.82, 2.24) is 4.31 Å². The van der Waals surface area contributed by atoms with Crippen LogP contribution in [0.15, 0.2) is 45.9 Å². The zero-order chi connectivity index (χ0) is 20.1. The van der Waals surface area contributed by atoms with E-state index in [1.807, 2.05) is 31.3 Å². The highest BCUT2D eigenvalue weighted by molar-refractivity contribution is 7.89. The van der Waals surface area contributed by atoms with Gasteiger partial charge >= 0.3 is 0 Å². The van der Waals surface area contributed by atoms with Gasteiger partial charge in [-0.2, -0.15) is 4.31 Å². The van der Waals surface area contributed by atoms with E-state index in [9.17, 15) is 13.2 Å². The molecule has 2 heterocycles. The van der Waals surface area contributed by atoms with E-state index in [2.05, 4.69) is 5.32 Å². The van der Waals surface area contributed by atoms with Gasteiger partial charge in [0.05, 0.1) is 11.2 Å². The number of furan rings is 1. The Bertz CT molecular complexity index is 904. The van der Waals surface area contributed by atoms with Crippen molar-refractivity contribution in [2.75, 3.05) is 25.0 Å². The lowest BCUT2D eigenvalue weighted by Gasteiger charge is -2.26. The minimum absolute atomic E-state index is 0.0210. The molecule has 3 N–H and O–H groups in total. The molecule has 152 valence electrons. The van der Waals surface area contributed by atoms with E-state index in [0.717, 1.165) is 30.6 Å². The van der Waals surface area contributed by atoms with E-state index >= 15 is 0 Å². The van der Waals surface area contributed by atoms with E-state index in [1.165, 1.54) is 4.31 Å². The average molecular weight is 407 g/mol. The maximum atomic E-state index is 12.9. The number of piperidine rings is 1. The topological polar surface area (TPSA) is 96.2 Å². The Kier molecular flexibility index (Phi) is 6.53. The Hall–Kier alpha value is -2.16. The summed E-state index contributed by atoms with van der Waals surface area (Å²) in [6, 6.07) is 8.62. The highest BCUT2D eigenvalue weighted by Gasteiger charge is 2.26. The number of rotatable bonds is 7. The van der Waals surface area contributed by atoms with Crippen molar-refractivity contribution < 1.29 is 22.9 Å². The summed E-state index contributed by atoms with van der Waals surface area (Å²) < 4.78 is 32.6. The summed E-state index contributed by atoms with van der Waals surface area (Å²) in [5, 5.41) is 4.72. The highest BCUT2D eigenvalue weighted by atomic mass is 32.2. The lowest BCUT2D eigenvalue weighted by Crippen LogP contribution is -2.86. The number of amides is 1. The molecule has 1 amide bonds. The molecule has 8 heteroatoms. The third kappa shape index (κ3) is 4.81. The number of anilines is 1. The van der Waals surface area contributed by atoms with Crippen LogP contribution in [-0.2, 0) is 14.8 Å². The van der Waals surface area contributed by atoms with E-state index in [-0.39, 0.29) is 23.4 Å². The maximum Gasteiger partial charge on any atom is 0.279 e. The van der Waals surface area contributed by atoms with Crippen molar-refractivity contribution in [3.05, 3.63) is 47.9 Å². The van der Waals surface area contributed by atoms with E-state index < -0.39 is 10.0 Å². The average Bonchev–Trinajstić information content (AvgIpc) is 3.23. The van der Waals surface area contributed by atoms with Crippen LogP contribution in [-0.4, -0.2) is 38.3 Å². The molecule has 3 rings (SSSR count). The Morgan fingerprint density at radius 1 is 1.25 bits per heavy atom. The monoisotopic (exact) mass is 406 g/mol. The number of sulfonamides is 1. The lowest BCUT2D eigenvalue weighted by atomic mass is 10.2. The van der Waals surface area contributed by atoms with Crippen molar-refractivity contribution in [3.8, 4) is 0 Å². The van der Waals surface area contributed by atoms with Crippen LogP contribution < -0.4 is 10.6 Å². The molecular formula is C20H28N3O4S+. The number of carbonyl (C=O) groups is 1. The van der Waals surface area contributed by atoms with Crippen LogP contribution in [0.1, 0.15) is 43.6 Å². The van der Waals surface area contributed by atoms with Gasteiger partial charge in [-0.05, 0) is 56.5 Å². The largest absolute Gasteiger partial charge is 0.463 e. The number of carbonyl (C=O) groups excluding carboxylic acids is 1. The van der Waals surface area contributed by atoms with Crippen LogP contribution in [0, 0.1) is 6.92 Å². The fraction of sp³-hybridized carbons (Fsp3) is 0.450. The molecule has 2 aromatic rings. The fourth-order valence-electron chi connectivity index (χ4n) is 3.30. The quantitative estimate of drug-likeness (QED) is 0.735. The molecule has 1 aromatic heterocycles. The Morgan fingerprint density at radius 3 is 2.68 bits per heavy atom. The summed E-state index contributed by atoms with van der Waals surface area (Å²) in [5.41, 5.74) is 1.35. The smallest absolute Gasteiger partial charge is 0.279 e. The van der Waals surface area contributed by atoms with Crippen LogP contribution in [0.2, 0.25) is 0 Å². The number of hydrogen-bond acceptors (Lipinski definition) is 4. The number of nitrogens with two attached hydrogens (primary N) is 1. The van der Waals surface area contributed by atoms with Crippen LogP contribution in [0.4, 0.5) is 5.69 Å². The Balaban J connectivity index is 1.66. The first-order valence-corrected chi connectivity index (χ1v) is 11.1. The summed E-state index contributed by atoms with van der Waals surface area (Å²) >= 11 is 0. The second kappa shape index (κ2) is 8.89. The minimum atomic E-state index is -3.53. The summed E-state index contributed by atoms with van der Waals surface area (Å²) in [7, 11) is -3.53. The van der Waals surface area contributed by atoms with Gasteiger partial charge in [-0.1, -0.05) is 12.5 Å². The summed E-state index contributed by atoms with van der Waals surface area (Å²) in [4.78, 5) is 12.6. The Labute approximate surface area is 166 Å². The predicted octanol–water partition coefficient (Wildman–Crippen LogP) is 2.03.